The Morgan fingerprint density at radius 1 is 1.11 bits per heavy atom. The molecule has 6 heteroatoms. The molecule has 0 amide bonds. The summed E-state index contributed by atoms with van der Waals surface area (Å²) in [5, 5.41) is 2.74. The van der Waals surface area contributed by atoms with Gasteiger partial charge < -0.3 is 5.32 Å². The van der Waals surface area contributed by atoms with Crippen molar-refractivity contribution in [1.82, 2.24) is 4.98 Å². The van der Waals surface area contributed by atoms with Gasteiger partial charge in [-0.15, -0.1) is 0 Å². The maximum absolute atomic E-state index is 13.6. The van der Waals surface area contributed by atoms with Gasteiger partial charge in [0.1, 0.15) is 17.5 Å². The molecule has 0 fully saturated rings. The lowest BCUT2D eigenvalue weighted by Gasteiger charge is -2.09. The van der Waals surface area contributed by atoms with Crippen LogP contribution >= 0.6 is 31.9 Å². The molecule has 0 unspecified atom stereocenters. The van der Waals surface area contributed by atoms with E-state index >= 15 is 0 Å². The summed E-state index contributed by atoms with van der Waals surface area (Å²) in [6, 6.07) is 4.02. The van der Waals surface area contributed by atoms with Crippen LogP contribution in [-0.4, -0.2) is 4.98 Å². The number of halogens is 4. The molecule has 0 aliphatic heterocycles. The van der Waals surface area contributed by atoms with Crippen molar-refractivity contribution in [1.29, 1.82) is 0 Å². The van der Waals surface area contributed by atoms with E-state index in [9.17, 15) is 8.78 Å². The highest BCUT2D eigenvalue weighted by atomic mass is 79.9. The first-order valence-corrected chi connectivity index (χ1v) is 6.59. The molecule has 2 nitrogen and oxygen atoms in total. The highest BCUT2D eigenvalue weighted by Gasteiger charge is 2.10. The van der Waals surface area contributed by atoms with E-state index in [-0.39, 0.29) is 11.3 Å². The number of pyridine rings is 1. The molecule has 1 aromatic carbocycles. The first-order chi connectivity index (χ1) is 8.47. The zero-order chi connectivity index (χ0) is 13.3. The van der Waals surface area contributed by atoms with E-state index in [1.807, 2.05) is 0 Å². The molecule has 0 radical (unpaired) electrons. The van der Waals surface area contributed by atoms with Crippen LogP contribution in [0.5, 0.6) is 0 Å². The molecule has 1 aromatic heterocycles. The molecular weight excluding hydrogens is 370 g/mol. The van der Waals surface area contributed by atoms with Crippen LogP contribution in [0.2, 0.25) is 0 Å². The predicted molar refractivity (Wildman–Crippen MR) is 74.0 cm³/mol. The number of anilines is 2. The van der Waals surface area contributed by atoms with E-state index in [0.717, 1.165) is 16.6 Å². The van der Waals surface area contributed by atoms with Crippen LogP contribution < -0.4 is 5.32 Å². The molecule has 0 spiro atoms. The Bertz CT molecular complexity index is 603. The Balaban J connectivity index is 2.37. The van der Waals surface area contributed by atoms with Gasteiger partial charge in [0.15, 0.2) is 0 Å². The van der Waals surface area contributed by atoms with Crippen molar-refractivity contribution >= 4 is 43.4 Å². The van der Waals surface area contributed by atoms with Gasteiger partial charge >= 0.3 is 0 Å². The summed E-state index contributed by atoms with van der Waals surface area (Å²) < 4.78 is 28.5. The highest BCUT2D eigenvalue weighted by Crippen LogP contribution is 2.28. The normalized spacial score (nSPS) is 10.5. The third-order valence-electron chi connectivity index (χ3n) is 2.31. The van der Waals surface area contributed by atoms with Gasteiger partial charge in [0, 0.05) is 16.7 Å². The Morgan fingerprint density at radius 3 is 2.50 bits per heavy atom. The van der Waals surface area contributed by atoms with Gasteiger partial charge in [-0.3, -0.25) is 0 Å². The molecule has 2 rings (SSSR count). The summed E-state index contributed by atoms with van der Waals surface area (Å²) in [4.78, 5) is 4.07. The van der Waals surface area contributed by atoms with Crippen LogP contribution in [0, 0.1) is 18.6 Å². The van der Waals surface area contributed by atoms with Gasteiger partial charge in [-0.2, -0.15) is 0 Å². The molecule has 2 aromatic rings. The van der Waals surface area contributed by atoms with E-state index in [4.69, 9.17) is 0 Å². The van der Waals surface area contributed by atoms with E-state index in [1.54, 1.807) is 12.3 Å². The molecule has 0 atom stereocenters. The highest BCUT2D eigenvalue weighted by molar-refractivity contribution is 9.11. The lowest BCUT2D eigenvalue weighted by Crippen LogP contribution is -1.99. The summed E-state index contributed by atoms with van der Waals surface area (Å²) in [6.45, 7) is 1.51. The summed E-state index contributed by atoms with van der Waals surface area (Å²) in [5.41, 5.74) is 0.314. The van der Waals surface area contributed by atoms with Crippen LogP contribution in [0.3, 0.4) is 0 Å². The molecule has 94 valence electrons. The number of benzene rings is 1. The predicted octanol–water partition coefficient (Wildman–Crippen LogP) is 4.94. The van der Waals surface area contributed by atoms with Crippen molar-refractivity contribution in [3.05, 3.63) is 50.5 Å². The Labute approximate surface area is 120 Å². The number of nitrogens with zero attached hydrogens (tertiary/aromatic N) is 1. The van der Waals surface area contributed by atoms with Crippen LogP contribution in [0.4, 0.5) is 20.3 Å². The molecule has 0 aliphatic rings. The van der Waals surface area contributed by atoms with E-state index < -0.39 is 11.6 Å². The van der Waals surface area contributed by atoms with Crippen LogP contribution in [0.25, 0.3) is 0 Å². The second-order valence-electron chi connectivity index (χ2n) is 3.69. The van der Waals surface area contributed by atoms with Gasteiger partial charge in [-0.05, 0) is 56.5 Å². The maximum Gasteiger partial charge on any atom is 0.147 e. The SMILES string of the molecule is Cc1cc(F)c(Nc2ncc(Br)cc2Br)cc1F. The number of hydrogen-bond donors (Lipinski definition) is 1. The zero-order valence-electron chi connectivity index (χ0n) is 9.27. The largest absolute Gasteiger partial charge is 0.337 e. The van der Waals surface area contributed by atoms with Crippen molar-refractivity contribution < 1.29 is 8.78 Å². The lowest BCUT2D eigenvalue weighted by atomic mass is 10.2. The fourth-order valence-corrected chi connectivity index (χ4v) is 2.46. The maximum atomic E-state index is 13.6. The molecule has 0 saturated heterocycles. The standard InChI is InChI=1S/C12H8Br2F2N2/c1-6-2-10(16)11(4-9(6)15)18-12-8(14)3-7(13)5-17-12/h2-5H,1H3,(H,17,18). The molecule has 1 N–H and O–H groups in total. The van der Waals surface area contributed by atoms with E-state index in [1.165, 1.54) is 6.92 Å². The van der Waals surface area contributed by atoms with Gasteiger partial charge in [0.05, 0.1) is 10.2 Å². The lowest BCUT2D eigenvalue weighted by molar-refractivity contribution is 0.595. The Hall–Kier alpha value is -1.01. The number of aromatic nitrogens is 1. The molecule has 1 heterocycles. The first kappa shape index (κ1) is 13.4. The smallest absolute Gasteiger partial charge is 0.147 e. The van der Waals surface area contributed by atoms with Crippen molar-refractivity contribution in [2.75, 3.05) is 5.32 Å². The molecule has 0 aliphatic carbocycles. The molecule has 0 saturated carbocycles. The third kappa shape index (κ3) is 2.87. The van der Waals surface area contributed by atoms with Crippen molar-refractivity contribution in [3.63, 3.8) is 0 Å². The second-order valence-corrected chi connectivity index (χ2v) is 5.46. The molecule has 0 bridgehead atoms. The van der Waals surface area contributed by atoms with Crippen molar-refractivity contribution in [3.8, 4) is 0 Å². The molecule has 18 heavy (non-hydrogen) atoms. The van der Waals surface area contributed by atoms with Crippen molar-refractivity contribution in [2.45, 2.75) is 6.92 Å². The minimum absolute atomic E-state index is 0.0497. The average molecular weight is 378 g/mol. The van der Waals surface area contributed by atoms with Gasteiger partial charge in [-0.1, -0.05) is 0 Å². The van der Waals surface area contributed by atoms with Gasteiger partial charge in [0.2, 0.25) is 0 Å². The topological polar surface area (TPSA) is 24.9 Å². The van der Waals surface area contributed by atoms with Crippen LogP contribution in [-0.2, 0) is 0 Å². The minimum atomic E-state index is -0.523. The van der Waals surface area contributed by atoms with E-state index in [2.05, 4.69) is 42.2 Å². The Kier molecular flexibility index (Phi) is 3.97. The van der Waals surface area contributed by atoms with Crippen LogP contribution in [0.15, 0.2) is 33.3 Å². The monoisotopic (exact) mass is 376 g/mol. The fraction of sp³-hybridized carbons (Fsp3) is 0.0833. The summed E-state index contributed by atoms with van der Waals surface area (Å²) in [6.07, 6.45) is 1.57. The molecular formula is C12H8Br2F2N2. The minimum Gasteiger partial charge on any atom is -0.337 e. The average Bonchev–Trinajstić information content (AvgIpc) is 2.29. The number of rotatable bonds is 2. The number of hydrogen-bond acceptors (Lipinski definition) is 2. The second kappa shape index (κ2) is 5.32. The quantitative estimate of drug-likeness (QED) is 0.801. The van der Waals surface area contributed by atoms with Gasteiger partial charge in [-0.25, -0.2) is 13.8 Å². The first-order valence-electron chi connectivity index (χ1n) is 5.01. The fourth-order valence-electron chi connectivity index (χ4n) is 1.38. The number of nitrogens with one attached hydrogen (secondary N) is 1. The van der Waals surface area contributed by atoms with Crippen molar-refractivity contribution in [2.24, 2.45) is 0 Å². The van der Waals surface area contributed by atoms with E-state index in [0.29, 0.717) is 10.3 Å². The van der Waals surface area contributed by atoms with Crippen LogP contribution in [0.1, 0.15) is 5.56 Å². The van der Waals surface area contributed by atoms with Gasteiger partial charge in [0.25, 0.3) is 0 Å². The summed E-state index contributed by atoms with van der Waals surface area (Å²) in [7, 11) is 0. The zero-order valence-corrected chi connectivity index (χ0v) is 12.4. The Morgan fingerprint density at radius 2 is 1.83 bits per heavy atom. The number of aryl methyl sites for hydroxylation is 1. The summed E-state index contributed by atoms with van der Waals surface area (Å²) >= 11 is 6.55. The summed E-state index contributed by atoms with van der Waals surface area (Å²) in [5.74, 6) is -0.571. The third-order valence-corrected chi connectivity index (χ3v) is 3.35.